The van der Waals surface area contributed by atoms with Crippen LogP contribution in [0.5, 0.6) is 5.75 Å². The van der Waals surface area contributed by atoms with E-state index in [-0.39, 0.29) is 32.6 Å². The Kier molecular flexibility index (Phi) is 3.93. The average molecular weight is 324 g/mol. The van der Waals surface area contributed by atoms with Crippen LogP contribution in [-0.2, 0) is 10.0 Å². The summed E-state index contributed by atoms with van der Waals surface area (Å²) in [4.78, 5) is -0.0982. The van der Waals surface area contributed by atoms with Gasteiger partial charge in [-0.25, -0.2) is 8.42 Å². The maximum Gasteiger partial charge on any atom is 0.262 e. The molecule has 8 heteroatoms. The van der Waals surface area contributed by atoms with Crippen LogP contribution in [0.3, 0.4) is 0 Å². The molecule has 0 spiro atoms. The predicted molar refractivity (Wildman–Crippen MR) is 79.5 cm³/mol. The number of phenols is 1. The van der Waals surface area contributed by atoms with Crippen LogP contribution in [0.4, 0.5) is 11.4 Å². The Morgan fingerprint density at radius 3 is 2.52 bits per heavy atom. The standard InChI is InChI=1S/C13H10ClN3O3S/c14-11-6-10(3-1-8(11)7-15)21(19,20)17-13-4-2-9(18)5-12(13)16/h1-6,17-18H,16H2. The van der Waals surface area contributed by atoms with Crippen LogP contribution in [0.15, 0.2) is 41.3 Å². The topological polar surface area (TPSA) is 116 Å². The maximum absolute atomic E-state index is 12.2. The molecule has 6 nitrogen and oxygen atoms in total. The number of nitrogens with one attached hydrogen (secondary N) is 1. The summed E-state index contributed by atoms with van der Waals surface area (Å²) in [6, 6.07) is 9.48. The largest absolute Gasteiger partial charge is 0.508 e. The van der Waals surface area contributed by atoms with Gasteiger partial charge in [-0.1, -0.05) is 11.6 Å². The second kappa shape index (κ2) is 5.52. The summed E-state index contributed by atoms with van der Waals surface area (Å²) >= 11 is 5.82. The average Bonchev–Trinajstić information content (AvgIpc) is 2.42. The molecule has 0 aliphatic heterocycles. The number of hydrogen-bond donors (Lipinski definition) is 3. The monoisotopic (exact) mass is 323 g/mol. The number of benzene rings is 2. The molecule has 2 aromatic carbocycles. The van der Waals surface area contributed by atoms with Crippen LogP contribution >= 0.6 is 11.6 Å². The summed E-state index contributed by atoms with van der Waals surface area (Å²) in [5.74, 6) is -0.0723. The third kappa shape index (κ3) is 3.18. The molecule has 0 fully saturated rings. The van der Waals surface area contributed by atoms with E-state index < -0.39 is 10.0 Å². The van der Waals surface area contributed by atoms with Gasteiger partial charge in [0.15, 0.2) is 0 Å². The molecule has 0 unspecified atom stereocenters. The van der Waals surface area contributed by atoms with Crippen LogP contribution in [0.25, 0.3) is 0 Å². The lowest BCUT2D eigenvalue weighted by Crippen LogP contribution is -2.14. The van der Waals surface area contributed by atoms with E-state index in [1.54, 1.807) is 0 Å². The van der Waals surface area contributed by atoms with Crippen LogP contribution in [0.1, 0.15) is 5.56 Å². The molecule has 0 aromatic heterocycles. The minimum absolute atomic E-state index is 0.0408. The van der Waals surface area contributed by atoms with E-state index in [1.807, 2.05) is 6.07 Å². The molecule has 2 rings (SSSR count). The minimum Gasteiger partial charge on any atom is -0.508 e. The van der Waals surface area contributed by atoms with Gasteiger partial charge in [0.1, 0.15) is 11.8 Å². The Balaban J connectivity index is 2.39. The van der Waals surface area contributed by atoms with Crippen molar-refractivity contribution >= 4 is 33.0 Å². The number of nitrogens with two attached hydrogens (primary N) is 1. The van der Waals surface area contributed by atoms with Crippen molar-refractivity contribution in [2.75, 3.05) is 10.5 Å². The summed E-state index contributed by atoms with van der Waals surface area (Å²) in [6.07, 6.45) is 0. The molecule has 0 radical (unpaired) electrons. The number of rotatable bonds is 3. The lowest BCUT2D eigenvalue weighted by molar-refractivity contribution is 0.475. The van der Waals surface area contributed by atoms with Gasteiger partial charge in [0, 0.05) is 6.07 Å². The van der Waals surface area contributed by atoms with Crippen molar-refractivity contribution in [3.63, 3.8) is 0 Å². The summed E-state index contributed by atoms with van der Waals surface area (Å²) < 4.78 is 26.7. The second-order valence-electron chi connectivity index (χ2n) is 4.13. The zero-order valence-corrected chi connectivity index (χ0v) is 12.1. The van der Waals surface area contributed by atoms with Crippen molar-refractivity contribution in [3.05, 3.63) is 47.0 Å². The minimum atomic E-state index is -3.90. The lowest BCUT2D eigenvalue weighted by Gasteiger charge is -2.11. The maximum atomic E-state index is 12.2. The molecular formula is C13H10ClN3O3S. The summed E-state index contributed by atoms with van der Waals surface area (Å²) in [5, 5.41) is 18.1. The van der Waals surface area contributed by atoms with Crippen LogP contribution in [0, 0.1) is 11.3 Å². The highest BCUT2D eigenvalue weighted by Crippen LogP contribution is 2.27. The van der Waals surface area contributed by atoms with Crippen LogP contribution < -0.4 is 10.5 Å². The van der Waals surface area contributed by atoms with Gasteiger partial charge in [0.2, 0.25) is 0 Å². The molecule has 0 heterocycles. The number of nitrogen functional groups attached to an aromatic ring is 1. The third-order valence-electron chi connectivity index (χ3n) is 2.65. The normalized spacial score (nSPS) is 10.9. The van der Waals surface area contributed by atoms with E-state index in [9.17, 15) is 13.5 Å². The Labute approximate surface area is 126 Å². The van der Waals surface area contributed by atoms with E-state index in [0.717, 1.165) is 0 Å². The van der Waals surface area contributed by atoms with Gasteiger partial charge >= 0.3 is 0 Å². The van der Waals surface area contributed by atoms with Crippen molar-refractivity contribution in [1.82, 2.24) is 0 Å². The molecule has 0 bridgehead atoms. The molecule has 0 aliphatic rings. The predicted octanol–water partition coefficient (Wildman–Crippen LogP) is 2.30. The molecule has 2 aromatic rings. The summed E-state index contributed by atoms with van der Waals surface area (Å²) in [6.45, 7) is 0. The Bertz CT molecular complexity index is 844. The van der Waals surface area contributed by atoms with Crippen molar-refractivity contribution in [3.8, 4) is 11.8 Å². The quantitative estimate of drug-likeness (QED) is 0.592. The Hall–Kier alpha value is -2.43. The van der Waals surface area contributed by atoms with E-state index in [1.165, 1.54) is 36.4 Å². The molecule has 0 aliphatic carbocycles. The zero-order chi connectivity index (χ0) is 15.6. The van der Waals surface area contributed by atoms with E-state index >= 15 is 0 Å². The summed E-state index contributed by atoms with van der Waals surface area (Å²) in [5.41, 5.74) is 6.02. The first-order valence-electron chi connectivity index (χ1n) is 5.64. The van der Waals surface area contributed by atoms with E-state index in [0.29, 0.717) is 0 Å². The van der Waals surface area contributed by atoms with E-state index in [2.05, 4.69) is 4.72 Å². The van der Waals surface area contributed by atoms with Crippen molar-refractivity contribution in [1.29, 1.82) is 5.26 Å². The SMILES string of the molecule is N#Cc1ccc(S(=O)(=O)Nc2ccc(O)cc2N)cc1Cl. The number of nitrogens with zero attached hydrogens (tertiary/aromatic N) is 1. The fraction of sp³-hybridized carbons (Fsp3) is 0. The molecule has 0 amide bonds. The number of phenolic OH excluding ortho intramolecular Hbond substituents is 1. The van der Waals surface area contributed by atoms with Gasteiger partial charge in [-0.05, 0) is 30.3 Å². The molecule has 0 saturated heterocycles. The number of aromatic hydroxyl groups is 1. The fourth-order valence-corrected chi connectivity index (χ4v) is 3.00. The summed E-state index contributed by atoms with van der Waals surface area (Å²) in [7, 11) is -3.90. The van der Waals surface area contributed by atoms with Gasteiger partial charge < -0.3 is 10.8 Å². The van der Waals surface area contributed by atoms with Gasteiger partial charge in [0.25, 0.3) is 10.0 Å². The first kappa shape index (κ1) is 15.0. The van der Waals surface area contributed by atoms with Gasteiger partial charge in [-0.3, -0.25) is 4.72 Å². The number of anilines is 2. The lowest BCUT2D eigenvalue weighted by atomic mass is 10.2. The number of hydrogen-bond acceptors (Lipinski definition) is 5. The Morgan fingerprint density at radius 1 is 1.24 bits per heavy atom. The molecular weight excluding hydrogens is 314 g/mol. The first-order chi connectivity index (χ1) is 9.83. The zero-order valence-electron chi connectivity index (χ0n) is 10.5. The molecule has 21 heavy (non-hydrogen) atoms. The van der Waals surface area contributed by atoms with Crippen molar-refractivity contribution in [2.45, 2.75) is 4.90 Å². The Morgan fingerprint density at radius 2 is 1.95 bits per heavy atom. The van der Waals surface area contributed by atoms with Crippen molar-refractivity contribution in [2.24, 2.45) is 0 Å². The molecule has 108 valence electrons. The van der Waals surface area contributed by atoms with E-state index in [4.69, 9.17) is 22.6 Å². The third-order valence-corrected chi connectivity index (χ3v) is 4.33. The van der Waals surface area contributed by atoms with Crippen molar-refractivity contribution < 1.29 is 13.5 Å². The number of sulfonamides is 1. The number of nitriles is 1. The van der Waals surface area contributed by atoms with Crippen LogP contribution in [-0.4, -0.2) is 13.5 Å². The smallest absolute Gasteiger partial charge is 0.262 e. The van der Waals surface area contributed by atoms with Gasteiger partial charge in [0.05, 0.1) is 26.9 Å². The molecule has 0 saturated carbocycles. The van der Waals surface area contributed by atoms with Gasteiger partial charge in [-0.2, -0.15) is 5.26 Å². The molecule has 0 atom stereocenters. The highest BCUT2D eigenvalue weighted by Gasteiger charge is 2.17. The second-order valence-corrected chi connectivity index (χ2v) is 6.22. The van der Waals surface area contributed by atoms with Crippen LogP contribution in [0.2, 0.25) is 5.02 Å². The fourth-order valence-electron chi connectivity index (χ4n) is 1.60. The van der Waals surface area contributed by atoms with Gasteiger partial charge in [-0.15, -0.1) is 0 Å². The molecule has 4 N–H and O–H groups in total. The first-order valence-corrected chi connectivity index (χ1v) is 7.50. The highest BCUT2D eigenvalue weighted by molar-refractivity contribution is 7.92. The number of halogens is 1. The highest BCUT2D eigenvalue weighted by atomic mass is 35.5.